The molecule has 2 N–H and O–H groups in total. The van der Waals surface area contributed by atoms with Gasteiger partial charge in [-0.2, -0.15) is 0 Å². The van der Waals surface area contributed by atoms with Crippen molar-refractivity contribution in [2.24, 2.45) is 0 Å². The molecule has 0 bridgehead atoms. The van der Waals surface area contributed by atoms with E-state index in [2.05, 4.69) is 15.4 Å². The zero-order chi connectivity index (χ0) is 15.3. The minimum atomic E-state index is -0.192. The Labute approximate surface area is 124 Å². The van der Waals surface area contributed by atoms with Crippen LogP contribution in [0.4, 0.5) is 0 Å². The van der Waals surface area contributed by atoms with Crippen LogP contribution in [0.1, 0.15) is 12.8 Å². The number of hydrogen-bond donors (Lipinski definition) is 2. The van der Waals surface area contributed by atoms with Gasteiger partial charge in [-0.1, -0.05) is 18.2 Å². The maximum atomic E-state index is 11.5. The first kappa shape index (κ1) is 17.0. The van der Waals surface area contributed by atoms with E-state index in [0.717, 1.165) is 5.75 Å². The van der Waals surface area contributed by atoms with Gasteiger partial charge < -0.3 is 20.1 Å². The summed E-state index contributed by atoms with van der Waals surface area (Å²) in [7, 11) is 1.46. The fraction of sp³-hybridized carbons (Fsp3) is 0.467. The van der Waals surface area contributed by atoms with Gasteiger partial charge in [-0.15, -0.1) is 0 Å². The predicted molar refractivity (Wildman–Crippen MR) is 79.1 cm³/mol. The summed E-state index contributed by atoms with van der Waals surface area (Å²) in [5.74, 6) is 0.564. The van der Waals surface area contributed by atoms with Crippen molar-refractivity contribution < 1.29 is 19.1 Å². The van der Waals surface area contributed by atoms with Gasteiger partial charge in [-0.05, 0) is 18.6 Å². The van der Waals surface area contributed by atoms with E-state index >= 15 is 0 Å². The van der Waals surface area contributed by atoms with E-state index in [1.54, 1.807) is 0 Å². The van der Waals surface area contributed by atoms with E-state index in [4.69, 9.17) is 4.74 Å². The van der Waals surface area contributed by atoms with Crippen LogP contribution >= 0.6 is 0 Å². The van der Waals surface area contributed by atoms with Gasteiger partial charge >= 0.3 is 0 Å². The molecule has 0 aliphatic carbocycles. The first-order chi connectivity index (χ1) is 10.2. The molecule has 6 nitrogen and oxygen atoms in total. The van der Waals surface area contributed by atoms with Gasteiger partial charge in [0.1, 0.15) is 12.4 Å². The maximum absolute atomic E-state index is 11.5. The Bertz CT molecular complexity index is 423. The molecule has 0 spiro atoms. The Morgan fingerprint density at radius 2 is 1.71 bits per heavy atom. The van der Waals surface area contributed by atoms with Crippen LogP contribution in [-0.2, 0) is 14.3 Å². The average molecular weight is 294 g/mol. The van der Waals surface area contributed by atoms with Gasteiger partial charge in [0.15, 0.2) is 0 Å². The van der Waals surface area contributed by atoms with Crippen LogP contribution in [0.3, 0.4) is 0 Å². The van der Waals surface area contributed by atoms with Crippen LogP contribution in [-0.4, -0.2) is 45.2 Å². The van der Waals surface area contributed by atoms with Crippen LogP contribution < -0.4 is 15.4 Å². The lowest BCUT2D eigenvalue weighted by Crippen LogP contribution is -2.36. The van der Waals surface area contributed by atoms with Crippen molar-refractivity contribution in [2.45, 2.75) is 12.8 Å². The predicted octanol–water partition coefficient (Wildman–Crippen LogP) is 0.724. The minimum Gasteiger partial charge on any atom is -0.494 e. The Hall–Kier alpha value is -2.08. The Balaban J connectivity index is 1.98. The molecule has 0 saturated carbocycles. The summed E-state index contributed by atoms with van der Waals surface area (Å²) >= 11 is 0. The first-order valence-corrected chi connectivity index (χ1v) is 6.92. The second kappa shape index (κ2) is 10.7. The fourth-order valence-electron chi connectivity index (χ4n) is 1.61. The molecule has 0 aliphatic rings. The maximum Gasteiger partial charge on any atom is 0.246 e. The highest BCUT2D eigenvalue weighted by molar-refractivity contribution is 5.77. The molecule has 0 unspecified atom stereocenters. The number of carbonyl (C=O) groups is 2. The number of rotatable bonds is 10. The molecule has 1 rings (SSSR count). The van der Waals surface area contributed by atoms with Crippen LogP contribution in [0.5, 0.6) is 5.75 Å². The lowest BCUT2D eigenvalue weighted by atomic mass is 10.3. The number of benzene rings is 1. The number of carbonyl (C=O) groups excluding carboxylic acids is 2. The van der Waals surface area contributed by atoms with E-state index in [1.165, 1.54) is 7.11 Å². The number of hydrogen-bond acceptors (Lipinski definition) is 4. The Morgan fingerprint density at radius 3 is 2.38 bits per heavy atom. The van der Waals surface area contributed by atoms with Crippen molar-refractivity contribution >= 4 is 11.8 Å². The highest BCUT2D eigenvalue weighted by atomic mass is 16.5. The van der Waals surface area contributed by atoms with E-state index in [0.29, 0.717) is 32.5 Å². The first-order valence-electron chi connectivity index (χ1n) is 6.92. The van der Waals surface area contributed by atoms with Crippen molar-refractivity contribution in [2.75, 3.05) is 33.4 Å². The Kier molecular flexibility index (Phi) is 8.63. The molecule has 2 amide bonds. The van der Waals surface area contributed by atoms with Gasteiger partial charge in [0, 0.05) is 26.6 Å². The standard InChI is InChI=1S/C15H22N2O4/c1-20-12-15(19)17-10-9-16-14(18)8-5-11-21-13-6-3-2-4-7-13/h2-4,6-7H,5,8-12H2,1H3,(H,16,18)(H,17,19). The fourth-order valence-corrected chi connectivity index (χ4v) is 1.61. The highest BCUT2D eigenvalue weighted by Gasteiger charge is 2.02. The van der Waals surface area contributed by atoms with Crippen molar-refractivity contribution in [3.8, 4) is 5.75 Å². The highest BCUT2D eigenvalue weighted by Crippen LogP contribution is 2.08. The van der Waals surface area contributed by atoms with Gasteiger partial charge in [0.25, 0.3) is 0 Å². The molecule has 0 aromatic heterocycles. The summed E-state index contributed by atoms with van der Waals surface area (Å²) < 4.78 is 10.2. The van der Waals surface area contributed by atoms with Crippen LogP contribution in [0.15, 0.2) is 30.3 Å². The molecule has 0 aliphatic heterocycles. The lowest BCUT2D eigenvalue weighted by Gasteiger charge is -2.07. The summed E-state index contributed by atoms with van der Waals surface area (Å²) in [6, 6.07) is 9.48. The molecule has 0 saturated heterocycles. The SMILES string of the molecule is COCC(=O)NCCNC(=O)CCCOc1ccccc1. The molecule has 0 atom stereocenters. The number of ether oxygens (including phenoxy) is 2. The number of nitrogens with one attached hydrogen (secondary N) is 2. The van der Waals surface area contributed by atoms with E-state index < -0.39 is 0 Å². The van der Waals surface area contributed by atoms with Crippen LogP contribution in [0, 0.1) is 0 Å². The third-order valence-corrected chi connectivity index (χ3v) is 2.60. The summed E-state index contributed by atoms with van der Waals surface area (Å²) in [4.78, 5) is 22.6. The van der Waals surface area contributed by atoms with Crippen LogP contribution in [0.2, 0.25) is 0 Å². The monoisotopic (exact) mass is 294 g/mol. The largest absolute Gasteiger partial charge is 0.494 e. The molecule has 116 valence electrons. The minimum absolute atomic E-state index is 0.0325. The molecular weight excluding hydrogens is 272 g/mol. The van der Waals surface area contributed by atoms with Gasteiger partial charge in [0.05, 0.1) is 6.61 Å². The van der Waals surface area contributed by atoms with Gasteiger partial charge in [-0.3, -0.25) is 9.59 Å². The van der Waals surface area contributed by atoms with Gasteiger partial charge in [0.2, 0.25) is 11.8 Å². The summed E-state index contributed by atoms with van der Waals surface area (Å²) in [6.45, 7) is 1.34. The molecule has 0 heterocycles. The van der Waals surface area contributed by atoms with E-state index in [1.807, 2.05) is 30.3 Å². The summed E-state index contributed by atoms with van der Waals surface area (Å²) in [5.41, 5.74) is 0. The van der Waals surface area contributed by atoms with Crippen molar-refractivity contribution in [3.05, 3.63) is 30.3 Å². The molecular formula is C15H22N2O4. The van der Waals surface area contributed by atoms with Crippen molar-refractivity contribution in [1.29, 1.82) is 0 Å². The molecule has 6 heteroatoms. The second-order valence-corrected chi connectivity index (χ2v) is 4.40. The second-order valence-electron chi connectivity index (χ2n) is 4.40. The zero-order valence-corrected chi connectivity index (χ0v) is 12.3. The smallest absolute Gasteiger partial charge is 0.246 e. The van der Waals surface area contributed by atoms with Crippen LogP contribution in [0.25, 0.3) is 0 Å². The quantitative estimate of drug-likeness (QED) is 0.624. The summed E-state index contributed by atoms with van der Waals surface area (Å²) in [6.07, 6.45) is 1.05. The van der Waals surface area contributed by atoms with Crippen molar-refractivity contribution in [1.82, 2.24) is 10.6 Å². The topological polar surface area (TPSA) is 76.7 Å². The summed E-state index contributed by atoms with van der Waals surface area (Å²) in [5, 5.41) is 5.35. The zero-order valence-electron chi connectivity index (χ0n) is 12.3. The number of amides is 2. The molecule has 1 aromatic carbocycles. The molecule has 0 radical (unpaired) electrons. The van der Waals surface area contributed by atoms with E-state index in [-0.39, 0.29) is 18.4 Å². The third kappa shape index (κ3) is 8.65. The lowest BCUT2D eigenvalue weighted by molar-refractivity contribution is -0.125. The third-order valence-electron chi connectivity index (χ3n) is 2.60. The average Bonchev–Trinajstić information content (AvgIpc) is 2.49. The Morgan fingerprint density at radius 1 is 1.05 bits per heavy atom. The number of methoxy groups -OCH3 is 1. The molecule has 21 heavy (non-hydrogen) atoms. The normalized spacial score (nSPS) is 9.95. The molecule has 0 fully saturated rings. The number of para-hydroxylation sites is 1. The molecule has 1 aromatic rings. The van der Waals surface area contributed by atoms with Crippen molar-refractivity contribution in [3.63, 3.8) is 0 Å². The van der Waals surface area contributed by atoms with E-state index in [9.17, 15) is 9.59 Å². The van der Waals surface area contributed by atoms with Gasteiger partial charge in [-0.25, -0.2) is 0 Å².